The minimum atomic E-state index is -0.233. The van der Waals surface area contributed by atoms with Gasteiger partial charge in [-0.2, -0.15) is 0 Å². The molecule has 0 spiro atoms. The smallest absolute Gasteiger partial charge is 0.267 e. The van der Waals surface area contributed by atoms with E-state index in [2.05, 4.69) is 5.32 Å². The number of halogens is 1. The first kappa shape index (κ1) is 14.0. The molecule has 0 saturated heterocycles. The molecular formula is C13H11ClN2OS2. The van der Waals surface area contributed by atoms with Gasteiger partial charge in [-0.15, -0.1) is 11.3 Å². The van der Waals surface area contributed by atoms with E-state index < -0.39 is 0 Å². The lowest BCUT2D eigenvalue weighted by molar-refractivity contribution is 0.103. The van der Waals surface area contributed by atoms with Crippen molar-refractivity contribution >= 4 is 51.7 Å². The number of aryl methyl sites for hydroxylation is 1. The van der Waals surface area contributed by atoms with Crippen molar-refractivity contribution in [3.8, 4) is 0 Å². The van der Waals surface area contributed by atoms with Crippen molar-refractivity contribution in [3.05, 3.63) is 50.7 Å². The molecule has 0 radical (unpaired) electrons. The Kier molecular flexibility index (Phi) is 4.19. The highest BCUT2D eigenvalue weighted by Gasteiger charge is 2.13. The molecule has 0 fully saturated rings. The average molecular weight is 311 g/mol. The molecule has 1 heterocycles. The fourth-order valence-corrected chi connectivity index (χ4v) is 2.71. The van der Waals surface area contributed by atoms with Crippen LogP contribution >= 0.6 is 35.2 Å². The molecule has 1 amide bonds. The van der Waals surface area contributed by atoms with Gasteiger partial charge in [0.25, 0.3) is 5.91 Å². The molecule has 0 bridgehead atoms. The van der Waals surface area contributed by atoms with Crippen LogP contribution in [-0.2, 0) is 0 Å². The van der Waals surface area contributed by atoms with Crippen molar-refractivity contribution in [1.29, 1.82) is 0 Å². The Hall–Kier alpha value is -1.43. The van der Waals surface area contributed by atoms with E-state index in [9.17, 15) is 4.79 Å². The summed E-state index contributed by atoms with van der Waals surface area (Å²) < 4.78 is 0. The number of carbonyl (C=O) groups excluding carboxylic acids is 1. The van der Waals surface area contributed by atoms with Gasteiger partial charge in [-0.3, -0.25) is 4.79 Å². The van der Waals surface area contributed by atoms with Crippen LogP contribution in [0.5, 0.6) is 0 Å². The van der Waals surface area contributed by atoms with Crippen LogP contribution in [0.1, 0.15) is 20.8 Å². The lowest BCUT2D eigenvalue weighted by Crippen LogP contribution is -2.14. The van der Waals surface area contributed by atoms with Crippen molar-refractivity contribution in [2.24, 2.45) is 5.73 Å². The van der Waals surface area contributed by atoms with Gasteiger partial charge in [0.15, 0.2) is 0 Å². The molecule has 3 nitrogen and oxygen atoms in total. The molecule has 2 rings (SSSR count). The Labute approximate surface area is 125 Å². The summed E-state index contributed by atoms with van der Waals surface area (Å²) in [6.07, 6.45) is 0. The Morgan fingerprint density at radius 1 is 1.42 bits per heavy atom. The van der Waals surface area contributed by atoms with Crippen LogP contribution in [0.4, 0.5) is 5.69 Å². The Morgan fingerprint density at radius 3 is 2.74 bits per heavy atom. The van der Waals surface area contributed by atoms with Gasteiger partial charge in [-0.1, -0.05) is 36.0 Å². The summed E-state index contributed by atoms with van der Waals surface area (Å²) in [6, 6.07) is 7.14. The topological polar surface area (TPSA) is 55.1 Å². The molecule has 2 aromatic rings. The molecule has 3 N–H and O–H groups in total. The molecule has 0 aliphatic heterocycles. The Morgan fingerprint density at radius 2 is 2.16 bits per heavy atom. The van der Waals surface area contributed by atoms with E-state index in [1.165, 1.54) is 11.3 Å². The Bertz CT molecular complexity index is 652. The van der Waals surface area contributed by atoms with E-state index in [4.69, 9.17) is 29.6 Å². The predicted octanol–water partition coefficient (Wildman–Crippen LogP) is 3.60. The first-order valence-corrected chi connectivity index (χ1v) is 7.10. The highest BCUT2D eigenvalue weighted by atomic mass is 35.5. The number of thiophene rings is 1. The maximum atomic E-state index is 12.1. The van der Waals surface area contributed by atoms with Gasteiger partial charge in [0.1, 0.15) is 9.87 Å². The monoisotopic (exact) mass is 310 g/mol. The van der Waals surface area contributed by atoms with Gasteiger partial charge >= 0.3 is 0 Å². The molecule has 1 aromatic heterocycles. The van der Waals surface area contributed by atoms with Gasteiger partial charge in [-0.05, 0) is 30.0 Å². The van der Waals surface area contributed by atoms with Crippen LogP contribution in [-0.4, -0.2) is 10.9 Å². The number of carbonyl (C=O) groups is 1. The van der Waals surface area contributed by atoms with E-state index in [-0.39, 0.29) is 5.91 Å². The second kappa shape index (κ2) is 5.69. The molecule has 0 atom stereocenters. The fraction of sp³-hybridized carbons (Fsp3) is 0.0769. The molecule has 1 aromatic carbocycles. The summed E-state index contributed by atoms with van der Waals surface area (Å²) in [4.78, 5) is 12.9. The number of anilines is 1. The van der Waals surface area contributed by atoms with E-state index in [1.54, 1.807) is 17.5 Å². The summed E-state index contributed by atoms with van der Waals surface area (Å²) in [6.45, 7) is 1.90. The van der Waals surface area contributed by atoms with Crippen LogP contribution in [0.3, 0.4) is 0 Å². The van der Waals surface area contributed by atoms with Crippen LogP contribution in [0.15, 0.2) is 29.6 Å². The van der Waals surface area contributed by atoms with Crippen molar-refractivity contribution in [1.82, 2.24) is 0 Å². The third-order valence-electron chi connectivity index (χ3n) is 2.59. The van der Waals surface area contributed by atoms with Gasteiger partial charge in [-0.25, -0.2) is 0 Å². The number of thiocarbonyl (C=S) groups is 1. The highest BCUT2D eigenvalue weighted by Crippen LogP contribution is 2.24. The first-order chi connectivity index (χ1) is 8.99. The van der Waals surface area contributed by atoms with Crippen LogP contribution in [0.2, 0.25) is 5.02 Å². The molecule has 6 heteroatoms. The first-order valence-electron chi connectivity index (χ1n) is 5.44. The number of nitrogens with one attached hydrogen (secondary N) is 1. The molecule has 0 aliphatic carbocycles. The van der Waals surface area contributed by atoms with Crippen molar-refractivity contribution < 1.29 is 4.79 Å². The second-order valence-corrected chi connectivity index (χ2v) is 5.71. The lowest BCUT2D eigenvalue weighted by atomic mass is 10.1. The molecule has 19 heavy (non-hydrogen) atoms. The van der Waals surface area contributed by atoms with E-state index in [1.807, 2.05) is 19.1 Å². The van der Waals surface area contributed by atoms with Gasteiger partial charge in [0.05, 0.1) is 5.02 Å². The lowest BCUT2D eigenvalue weighted by Gasteiger charge is -2.09. The minimum Gasteiger partial charge on any atom is -0.389 e. The summed E-state index contributed by atoms with van der Waals surface area (Å²) in [5, 5.41) is 5.04. The predicted molar refractivity (Wildman–Crippen MR) is 84.3 cm³/mol. The maximum absolute atomic E-state index is 12.1. The van der Waals surface area contributed by atoms with Crippen LogP contribution in [0, 0.1) is 6.92 Å². The summed E-state index contributed by atoms with van der Waals surface area (Å²) in [7, 11) is 0. The normalized spacial score (nSPS) is 10.2. The van der Waals surface area contributed by atoms with Crippen molar-refractivity contribution in [3.63, 3.8) is 0 Å². The number of hydrogen-bond donors (Lipinski definition) is 2. The number of nitrogens with two attached hydrogens (primary N) is 1. The van der Waals surface area contributed by atoms with E-state index in [0.29, 0.717) is 26.1 Å². The second-order valence-electron chi connectivity index (χ2n) is 3.95. The zero-order chi connectivity index (χ0) is 14.0. The molecule has 0 aliphatic rings. The maximum Gasteiger partial charge on any atom is 0.267 e. The van der Waals surface area contributed by atoms with Gasteiger partial charge in [0, 0.05) is 11.3 Å². The molecular weight excluding hydrogens is 300 g/mol. The van der Waals surface area contributed by atoms with Gasteiger partial charge < -0.3 is 11.1 Å². The van der Waals surface area contributed by atoms with Gasteiger partial charge in [0.2, 0.25) is 0 Å². The van der Waals surface area contributed by atoms with E-state index >= 15 is 0 Å². The minimum absolute atomic E-state index is 0.233. The summed E-state index contributed by atoms with van der Waals surface area (Å²) in [5.41, 5.74) is 7.91. The number of benzene rings is 1. The number of amides is 1. The zero-order valence-electron chi connectivity index (χ0n) is 10.1. The molecule has 98 valence electrons. The number of hydrogen-bond acceptors (Lipinski definition) is 3. The highest BCUT2D eigenvalue weighted by molar-refractivity contribution is 7.80. The van der Waals surface area contributed by atoms with Crippen LogP contribution < -0.4 is 11.1 Å². The summed E-state index contributed by atoms with van der Waals surface area (Å²) in [5.74, 6) is -0.233. The zero-order valence-corrected chi connectivity index (χ0v) is 12.5. The summed E-state index contributed by atoms with van der Waals surface area (Å²) >= 11 is 12.2. The molecule has 0 unspecified atom stereocenters. The standard InChI is InChI=1S/C13H11ClN2OS2/c1-7-2-3-8(12(15)18)6-10(7)16-13(17)11-9(14)4-5-19-11/h2-6H,1H3,(H2,15,18)(H,16,17). The average Bonchev–Trinajstić information content (AvgIpc) is 2.78. The fourth-order valence-electron chi connectivity index (χ4n) is 1.54. The molecule has 0 saturated carbocycles. The van der Waals surface area contributed by atoms with Crippen molar-refractivity contribution in [2.75, 3.05) is 5.32 Å². The van der Waals surface area contributed by atoms with E-state index in [0.717, 1.165) is 5.56 Å². The third-order valence-corrected chi connectivity index (χ3v) is 4.17. The largest absolute Gasteiger partial charge is 0.389 e. The Balaban J connectivity index is 2.28. The van der Waals surface area contributed by atoms with Crippen molar-refractivity contribution in [2.45, 2.75) is 6.92 Å². The third kappa shape index (κ3) is 3.12. The SMILES string of the molecule is Cc1ccc(C(N)=S)cc1NC(=O)c1sccc1Cl. The number of rotatable bonds is 3. The van der Waals surface area contributed by atoms with Crippen LogP contribution in [0.25, 0.3) is 0 Å². The quantitative estimate of drug-likeness (QED) is 0.852.